The number of carbonyl (C=O) groups excluding carboxylic acids is 1. The van der Waals surface area contributed by atoms with Crippen molar-refractivity contribution in [3.05, 3.63) is 34.3 Å². The van der Waals surface area contributed by atoms with E-state index in [1.54, 1.807) is 25.1 Å². The molecule has 3 N–H and O–H groups in total. The number of H-pyrrole nitrogens is 1. The summed E-state index contributed by atoms with van der Waals surface area (Å²) in [5.74, 6) is 4.30. The van der Waals surface area contributed by atoms with Gasteiger partial charge < -0.3 is 4.42 Å². The number of aromatic amines is 1. The molecule has 0 aliphatic carbocycles. The lowest BCUT2D eigenvalue weighted by atomic mass is 10.00. The van der Waals surface area contributed by atoms with Gasteiger partial charge in [0.1, 0.15) is 0 Å². The maximum absolute atomic E-state index is 11.7. The molecule has 17 heavy (non-hydrogen) atoms. The van der Waals surface area contributed by atoms with Crippen LogP contribution >= 0.6 is 0 Å². The van der Waals surface area contributed by atoms with Gasteiger partial charge in [0, 0.05) is 7.05 Å². The van der Waals surface area contributed by atoms with E-state index in [0.29, 0.717) is 11.1 Å². The van der Waals surface area contributed by atoms with Gasteiger partial charge in [0.05, 0.1) is 11.4 Å². The first-order valence-electron chi connectivity index (χ1n) is 5.14. The Balaban J connectivity index is 2.42. The van der Waals surface area contributed by atoms with Gasteiger partial charge in [0.25, 0.3) is 0 Å². The zero-order chi connectivity index (χ0) is 12.6. The molecular formula is C11H13N3O3. The molecule has 1 unspecified atom stereocenters. The highest BCUT2D eigenvalue weighted by molar-refractivity contribution is 5.84. The lowest BCUT2D eigenvalue weighted by molar-refractivity contribution is -0.131. The van der Waals surface area contributed by atoms with Crippen LogP contribution in [0.4, 0.5) is 0 Å². The van der Waals surface area contributed by atoms with Gasteiger partial charge in [-0.3, -0.25) is 14.8 Å². The summed E-state index contributed by atoms with van der Waals surface area (Å²) in [4.78, 5) is 25.2. The van der Waals surface area contributed by atoms with Gasteiger partial charge in [0.15, 0.2) is 5.58 Å². The van der Waals surface area contributed by atoms with Crippen LogP contribution in [0.1, 0.15) is 18.4 Å². The smallest absolute Gasteiger partial charge is 0.408 e. The quantitative estimate of drug-likeness (QED) is 0.452. The molecule has 0 saturated carbocycles. The lowest BCUT2D eigenvalue weighted by Gasteiger charge is -2.16. The number of amides is 1. The van der Waals surface area contributed by atoms with Crippen molar-refractivity contribution in [2.75, 3.05) is 7.05 Å². The van der Waals surface area contributed by atoms with Crippen molar-refractivity contribution in [3.8, 4) is 0 Å². The number of nitrogens with zero attached hydrogens (tertiary/aromatic N) is 1. The molecule has 1 aromatic heterocycles. The Morgan fingerprint density at radius 1 is 1.53 bits per heavy atom. The Kier molecular flexibility index (Phi) is 2.72. The van der Waals surface area contributed by atoms with E-state index >= 15 is 0 Å². The second kappa shape index (κ2) is 4.06. The van der Waals surface area contributed by atoms with Crippen LogP contribution in [0.15, 0.2) is 27.4 Å². The molecule has 0 saturated heterocycles. The maximum atomic E-state index is 11.7. The van der Waals surface area contributed by atoms with E-state index in [0.717, 1.165) is 10.6 Å². The standard InChI is InChI=1S/C11H13N3O3/c1-6(10(15)14(2)12)7-3-4-8-9(5-7)17-11(16)13-8/h3-6H,12H2,1-2H3,(H,13,16). The van der Waals surface area contributed by atoms with Crippen molar-refractivity contribution in [1.29, 1.82) is 0 Å². The minimum absolute atomic E-state index is 0.206. The molecule has 0 aliphatic rings. The average molecular weight is 235 g/mol. The number of hydrogen-bond donors (Lipinski definition) is 2. The zero-order valence-electron chi connectivity index (χ0n) is 9.56. The van der Waals surface area contributed by atoms with Crippen LogP contribution in [0.2, 0.25) is 0 Å². The molecular weight excluding hydrogens is 222 g/mol. The molecule has 0 bridgehead atoms. The SMILES string of the molecule is CC(C(=O)N(C)N)c1ccc2[nH]c(=O)oc2c1. The summed E-state index contributed by atoms with van der Waals surface area (Å²) in [6.45, 7) is 1.75. The number of rotatable bonds is 2. The summed E-state index contributed by atoms with van der Waals surface area (Å²) >= 11 is 0. The molecule has 2 rings (SSSR count). The van der Waals surface area contributed by atoms with E-state index in [9.17, 15) is 9.59 Å². The van der Waals surface area contributed by atoms with E-state index in [4.69, 9.17) is 10.3 Å². The minimum Gasteiger partial charge on any atom is -0.408 e. The van der Waals surface area contributed by atoms with Gasteiger partial charge in [0.2, 0.25) is 5.91 Å². The van der Waals surface area contributed by atoms with Crippen LogP contribution in [0.5, 0.6) is 0 Å². The summed E-state index contributed by atoms with van der Waals surface area (Å²) in [6, 6.07) is 5.13. The summed E-state index contributed by atoms with van der Waals surface area (Å²) in [5, 5.41) is 1.04. The van der Waals surface area contributed by atoms with E-state index in [2.05, 4.69) is 4.98 Å². The summed E-state index contributed by atoms with van der Waals surface area (Å²) < 4.78 is 4.93. The van der Waals surface area contributed by atoms with E-state index in [-0.39, 0.29) is 11.8 Å². The third kappa shape index (κ3) is 2.07. The largest absolute Gasteiger partial charge is 0.417 e. The third-order valence-electron chi connectivity index (χ3n) is 2.66. The number of nitrogens with one attached hydrogen (secondary N) is 1. The van der Waals surface area contributed by atoms with Crippen LogP contribution in [-0.4, -0.2) is 22.9 Å². The molecule has 6 nitrogen and oxygen atoms in total. The Hall–Kier alpha value is -2.08. The summed E-state index contributed by atoms with van der Waals surface area (Å²) in [5.41, 5.74) is 1.80. The van der Waals surface area contributed by atoms with Crippen LogP contribution < -0.4 is 11.6 Å². The van der Waals surface area contributed by atoms with Crippen molar-refractivity contribution in [2.45, 2.75) is 12.8 Å². The fraction of sp³-hybridized carbons (Fsp3) is 0.273. The number of fused-ring (bicyclic) bond motifs is 1. The van der Waals surface area contributed by atoms with Gasteiger partial charge >= 0.3 is 5.76 Å². The van der Waals surface area contributed by atoms with E-state index in [1.807, 2.05) is 0 Å². The predicted molar refractivity (Wildman–Crippen MR) is 62.2 cm³/mol. The van der Waals surface area contributed by atoms with E-state index in [1.165, 1.54) is 7.05 Å². The molecule has 0 spiro atoms. The molecule has 1 amide bonds. The first-order valence-corrected chi connectivity index (χ1v) is 5.14. The maximum Gasteiger partial charge on any atom is 0.417 e. The molecule has 2 aromatic rings. The monoisotopic (exact) mass is 235 g/mol. The molecule has 1 atom stereocenters. The normalized spacial score (nSPS) is 12.6. The second-order valence-corrected chi connectivity index (χ2v) is 3.94. The second-order valence-electron chi connectivity index (χ2n) is 3.94. The molecule has 90 valence electrons. The average Bonchev–Trinajstić information content (AvgIpc) is 2.65. The highest BCUT2D eigenvalue weighted by Gasteiger charge is 2.18. The number of benzene rings is 1. The number of carbonyl (C=O) groups is 1. The molecule has 0 fully saturated rings. The van der Waals surface area contributed by atoms with Gasteiger partial charge in [-0.05, 0) is 24.6 Å². The van der Waals surface area contributed by atoms with E-state index < -0.39 is 5.76 Å². The van der Waals surface area contributed by atoms with Gasteiger partial charge in [-0.1, -0.05) is 6.07 Å². The van der Waals surface area contributed by atoms with Crippen molar-refractivity contribution in [1.82, 2.24) is 9.99 Å². The Labute approximate surface area is 97.0 Å². The number of hydrazine groups is 1. The first kappa shape index (κ1) is 11.4. The third-order valence-corrected chi connectivity index (χ3v) is 2.66. The molecule has 1 heterocycles. The Morgan fingerprint density at radius 3 is 2.88 bits per heavy atom. The first-order chi connectivity index (χ1) is 7.99. The fourth-order valence-electron chi connectivity index (χ4n) is 1.68. The van der Waals surface area contributed by atoms with Crippen molar-refractivity contribution < 1.29 is 9.21 Å². The van der Waals surface area contributed by atoms with Gasteiger partial charge in [-0.2, -0.15) is 0 Å². The van der Waals surface area contributed by atoms with Crippen molar-refractivity contribution in [2.24, 2.45) is 5.84 Å². The van der Waals surface area contributed by atoms with Crippen LogP contribution in [-0.2, 0) is 4.79 Å². The van der Waals surface area contributed by atoms with Gasteiger partial charge in [-0.15, -0.1) is 0 Å². The minimum atomic E-state index is -0.507. The Bertz CT molecular complexity index is 612. The number of likely N-dealkylation sites (N-methyl/N-ethyl adjacent to an activating group) is 1. The van der Waals surface area contributed by atoms with Crippen LogP contribution in [0.25, 0.3) is 11.1 Å². The van der Waals surface area contributed by atoms with Crippen molar-refractivity contribution >= 4 is 17.0 Å². The van der Waals surface area contributed by atoms with Gasteiger partial charge in [-0.25, -0.2) is 10.6 Å². The zero-order valence-corrected chi connectivity index (χ0v) is 9.56. The number of hydrogen-bond acceptors (Lipinski definition) is 4. The van der Waals surface area contributed by atoms with Crippen molar-refractivity contribution in [3.63, 3.8) is 0 Å². The Morgan fingerprint density at radius 2 is 2.24 bits per heavy atom. The number of aromatic nitrogens is 1. The highest BCUT2D eigenvalue weighted by atomic mass is 16.4. The predicted octanol–water partition coefficient (Wildman–Crippen LogP) is 0.557. The molecule has 1 aromatic carbocycles. The molecule has 0 radical (unpaired) electrons. The molecule has 0 aliphatic heterocycles. The van der Waals surface area contributed by atoms with Crippen LogP contribution in [0.3, 0.4) is 0 Å². The molecule has 6 heteroatoms. The number of oxazole rings is 1. The van der Waals surface area contributed by atoms with Crippen LogP contribution in [0, 0.1) is 0 Å². The topological polar surface area (TPSA) is 92.3 Å². The highest BCUT2D eigenvalue weighted by Crippen LogP contribution is 2.20. The summed E-state index contributed by atoms with van der Waals surface area (Å²) in [7, 11) is 1.49. The number of nitrogens with two attached hydrogens (primary N) is 1. The fourth-order valence-corrected chi connectivity index (χ4v) is 1.68. The summed E-state index contributed by atoms with van der Waals surface area (Å²) in [6.07, 6.45) is 0. The lowest BCUT2D eigenvalue weighted by Crippen LogP contribution is -2.36.